The van der Waals surface area contributed by atoms with Crippen LogP contribution in [-0.4, -0.2) is 51.0 Å². The second-order valence-corrected chi connectivity index (χ2v) is 3.68. The third-order valence-electron chi connectivity index (χ3n) is 1.55. The smallest absolute Gasteiger partial charge is 0.323 e. The Morgan fingerprint density at radius 1 is 1.25 bits per heavy atom. The molecule has 0 aliphatic rings. The number of carbonyl (C=O) groups excluding carboxylic acids is 1. The Balaban J connectivity index is 2.79. The molecule has 8 heteroatoms. The molecule has 0 unspecified atom stereocenters. The quantitative estimate of drug-likeness (QED) is 0.739. The lowest BCUT2D eigenvalue weighted by molar-refractivity contribution is -0.140. The Morgan fingerprint density at radius 3 is 2.19 bits per heavy atom. The Hall–Kier alpha value is -1.96. The van der Waals surface area contributed by atoms with Crippen LogP contribution in [-0.2, 0) is 9.59 Å². The molecule has 2 N–H and O–H groups in total. The molecule has 0 aromatic carbocycles. The normalized spacial score (nSPS) is 9.75. The molecule has 0 radical (unpaired) electrons. The van der Waals surface area contributed by atoms with Crippen molar-refractivity contribution < 1.29 is 24.6 Å². The van der Waals surface area contributed by atoms with E-state index in [1.54, 1.807) is 5.38 Å². The summed E-state index contributed by atoms with van der Waals surface area (Å²) >= 11 is 1.03. The Bertz CT molecular complexity index is 387. The number of thiazole rings is 1. The first-order valence-corrected chi connectivity index (χ1v) is 5.01. The molecule has 0 aliphatic carbocycles. The molecule has 86 valence electrons. The molecule has 0 bridgehead atoms. The highest BCUT2D eigenvalue weighted by molar-refractivity contribution is 7.11. The number of rotatable bonds is 5. The number of hydrogen-bond donors (Lipinski definition) is 2. The van der Waals surface area contributed by atoms with Crippen LogP contribution in [0.2, 0.25) is 0 Å². The maximum atomic E-state index is 11.6. The average Bonchev–Trinajstić information content (AvgIpc) is 2.66. The van der Waals surface area contributed by atoms with Crippen LogP contribution in [0.15, 0.2) is 11.6 Å². The van der Waals surface area contributed by atoms with Crippen molar-refractivity contribution in [2.75, 3.05) is 13.1 Å². The predicted octanol–water partition coefficient (Wildman–Crippen LogP) is -0.245. The van der Waals surface area contributed by atoms with E-state index in [0.29, 0.717) is 4.90 Å². The van der Waals surface area contributed by atoms with Crippen LogP contribution in [0.3, 0.4) is 0 Å². The van der Waals surface area contributed by atoms with Crippen molar-refractivity contribution in [1.82, 2.24) is 9.88 Å². The van der Waals surface area contributed by atoms with Crippen LogP contribution in [0.4, 0.5) is 0 Å². The summed E-state index contributed by atoms with van der Waals surface area (Å²) in [5.41, 5.74) is 0. The molecule has 1 amide bonds. The Morgan fingerprint density at radius 2 is 1.81 bits per heavy atom. The minimum Gasteiger partial charge on any atom is -0.480 e. The van der Waals surface area contributed by atoms with Crippen molar-refractivity contribution in [3.05, 3.63) is 16.6 Å². The molecule has 1 rings (SSSR count). The fraction of sp³-hybridized carbons (Fsp3) is 0.250. The summed E-state index contributed by atoms with van der Waals surface area (Å²) in [4.78, 5) is 37.0. The third kappa shape index (κ3) is 3.31. The summed E-state index contributed by atoms with van der Waals surface area (Å²) in [7, 11) is 0. The molecule has 0 spiro atoms. The number of carbonyl (C=O) groups is 3. The Kier molecular flexibility index (Phi) is 3.95. The molecular weight excluding hydrogens is 236 g/mol. The van der Waals surface area contributed by atoms with E-state index in [9.17, 15) is 14.4 Å². The van der Waals surface area contributed by atoms with E-state index in [-0.39, 0.29) is 5.01 Å². The molecule has 1 aromatic heterocycles. The van der Waals surface area contributed by atoms with Crippen molar-refractivity contribution in [3.8, 4) is 0 Å². The van der Waals surface area contributed by atoms with Gasteiger partial charge in [-0.25, -0.2) is 4.98 Å². The number of aromatic nitrogens is 1. The Labute approximate surface area is 93.9 Å². The van der Waals surface area contributed by atoms with E-state index in [2.05, 4.69) is 4.98 Å². The van der Waals surface area contributed by atoms with E-state index in [1.165, 1.54) is 6.20 Å². The van der Waals surface area contributed by atoms with Crippen molar-refractivity contribution in [1.29, 1.82) is 0 Å². The van der Waals surface area contributed by atoms with Crippen molar-refractivity contribution in [2.24, 2.45) is 0 Å². The lowest BCUT2D eigenvalue weighted by Crippen LogP contribution is -2.39. The van der Waals surface area contributed by atoms with Crippen LogP contribution in [0.25, 0.3) is 0 Å². The zero-order chi connectivity index (χ0) is 12.1. The van der Waals surface area contributed by atoms with Gasteiger partial charge in [-0.1, -0.05) is 0 Å². The first-order valence-electron chi connectivity index (χ1n) is 4.13. The summed E-state index contributed by atoms with van der Waals surface area (Å²) < 4.78 is 0. The highest BCUT2D eigenvalue weighted by atomic mass is 32.1. The molecule has 0 saturated carbocycles. The van der Waals surface area contributed by atoms with E-state index in [4.69, 9.17) is 10.2 Å². The van der Waals surface area contributed by atoms with Gasteiger partial charge in [0, 0.05) is 11.6 Å². The van der Waals surface area contributed by atoms with Crippen molar-refractivity contribution >= 4 is 29.2 Å². The number of carboxylic acid groups (broad SMARTS) is 2. The van der Waals surface area contributed by atoms with Crippen LogP contribution in [0.1, 0.15) is 9.80 Å². The van der Waals surface area contributed by atoms with E-state index in [0.717, 1.165) is 11.3 Å². The topological polar surface area (TPSA) is 108 Å². The first-order chi connectivity index (χ1) is 7.50. The third-order valence-corrected chi connectivity index (χ3v) is 2.32. The lowest BCUT2D eigenvalue weighted by Gasteiger charge is -2.16. The van der Waals surface area contributed by atoms with Gasteiger partial charge in [-0.2, -0.15) is 0 Å². The molecule has 1 heterocycles. The fourth-order valence-corrected chi connectivity index (χ4v) is 1.59. The molecule has 7 nitrogen and oxygen atoms in total. The minimum absolute atomic E-state index is 0.0718. The standard InChI is InChI=1S/C8H8N2O5S/c11-5(12)3-10(4-6(13)14)8(15)7-9-1-2-16-7/h1-2H,3-4H2,(H,11,12)(H,13,14). The maximum Gasteiger partial charge on any atom is 0.323 e. The number of carboxylic acids is 2. The summed E-state index contributed by atoms with van der Waals surface area (Å²) in [5, 5.41) is 18.7. The van der Waals surface area contributed by atoms with Gasteiger partial charge in [0.1, 0.15) is 13.1 Å². The number of nitrogens with zero attached hydrogens (tertiary/aromatic N) is 2. The fourth-order valence-electron chi connectivity index (χ4n) is 0.990. The molecular formula is C8H8N2O5S. The molecule has 1 aromatic rings. The maximum absolute atomic E-state index is 11.6. The monoisotopic (exact) mass is 244 g/mol. The van der Waals surface area contributed by atoms with Gasteiger partial charge in [0.25, 0.3) is 5.91 Å². The van der Waals surface area contributed by atoms with Gasteiger partial charge in [0.15, 0.2) is 5.01 Å². The van der Waals surface area contributed by atoms with Crippen molar-refractivity contribution in [2.45, 2.75) is 0 Å². The molecule has 16 heavy (non-hydrogen) atoms. The van der Waals surface area contributed by atoms with E-state index in [1.807, 2.05) is 0 Å². The van der Waals surface area contributed by atoms with E-state index >= 15 is 0 Å². The van der Waals surface area contributed by atoms with Gasteiger partial charge in [0.05, 0.1) is 0 Å². The van der Waals surface area contributed by atoms with Gasteiger partial charge in [-0.15, -0.1) is 11.3 Å². The zero-order valence-corrected chi connectivity index (χ0v) is 8.81. The minimum atomic E-state index is -1.27. The molecule has 0 aliphatic heterocycles. The van der Waals surface area contributed by atoms with Gasteiger partial charge >= 0.3 is 11.9 Å². The van der Waals surface area contributed by atoms with Crippen LogP contribution >= 0.6 is 11.3 Å². The predicted molar refractivity (Wildman–Crippen MR) is 53.3 cm³/mol. The molecule has 0 fully saturated rings. The van der Waals surface area contributed by atoms with E-state index < -0.39 is 30.9 Å². The first kappa shape index (κ1) is 12.1. The van der Waals surface area contributed by atoms with Gasteiger partial charge in [-0.3, -0.25) is 14.4 Å². The lowest BCUT2D eigenvalue weighted by atomic mass is 10.4. The molecule has 0 saturated heterocycles. The second kappa shape index (κ2) is 5.21. The highest BCUT2D eigenvalue weighted by Crippen LogP contribution is 2.08. The highest BCUT2D eigenvalue weighted by Gasteiger charge is 2.22. The SMILES string of the molecule is O=C(O)CN(CC(=O)O)C(=O)c1nccs1. The zero-order valence-electron chi connectivity index (χ0n) is 7.99. The van der Waals surface area contributed by atoms with Crippen LogP contribution in [0.5, 0.6) is 0 Å². The van der Waals surface area contributed by atoms with Gasteiger partial charge in [0.2, 0.25) is 0 Å². The summed E-state index contributed by atoms with van der Waals surface area (Å²) in [6.45, 7) is -1.32. The number of aliphatic carboxylic acids is 2. The van der Waals surface area contributed by atoms with Gasteiger partial charge in [-0.05, 0) is 0 Å². The number of hydrogen-bond acceptors (Lipinski definition) is 5. The second-order valence-electron chi connectivity index (χ2n) is 2.79. The summed E-state index contributed by atoms with van der Waals surface area (Å²) in [6.07, 6.45) is 1.39. The van der Waals surface area contributed by atoms with Crippen molar-refractivity contribution in [3.63, 3.8) is 0 Å². The van der Waals surface area contributed by atoms with Crippen LogP contribution < -0.4 is 0 Å². The summed E-state index contributed by atoms with van der Waals surface area (Å²) in [5.74, 6) is -3.24. The number of amides is 1. The summed E-state index contributed by atoms with van der Waals surface area (Å²) in [6, 6.07) is 0. The van der Waals surface area contributed by atoms with Gasteiger partial charge < -0.3 is 15.1 Å². The largest absolute Gasteiger partial charge is 0.480 e. The molecule has 0 atom stereocenters. The van der Waals surface area contributed by atoms with Crippen LogP contribution in [0, 0.1) is 0 Å². The average molecular weight is 244 g/mol.